The summed E-state index contributed by atoms with van der Waals surface area (Å²) in [6.45, 7) is 4.83. The molecular weight excluding hydrogens is 318 g/mol. The van der Waals surface area contributed by atoms with Gasteiger partial charge in [-0.15, -0.1) is 11.3 Å². The van der Waals surface area contributed by atoms with E-state index in [1.165, 1.54) is 23.5 Å². The molecule has 120 valence electrons. The fraction of sp³-hybridized carbons (Fsp3) is 0.562. The molecule has 2 aromatic rings. The van der Waals surface area contributed by atoms with Crippen molar-refractivity contribution in [3.63, 3.8) is 0 Å². The Morgan fingerprint density at radius 3 is 3.14 bits per heavy atom. The average Bonchev–Trinajstić information content (AvgIpc) is 3.14. The van der Waals surface area contributed by atoms with E-state index in [0.717, 1.165) is 37.1 Å². The van der Waals surface area contributed by atoms with Gasteiger partial charge >= 0.3 is 0 Å². The maximum atomic E-state index is 6.03. The number of hydrogen-bond donors (Lipinski definition) is 0. The molecule has 1 aliphatic rings. The molecule has 0 bridgehead atoms. The van der Waals surface area contributed by atoms with Crippen LogP contribution in [0.25, 0.3) is 0 Å². The molecule has 6 heteroatoms. The normalized spacial score (nSPS) is 19.6. The highest BCUT2D eigenvalue weighted by atomic mass is 35.5. The minimum Gasteiger partial charge on any atom is -0.383 e. The summed E-state index contributed by atoms with van der Waals surface area (Å²) >= 11 is 7.71. The molecule has 1 aliphatic heterocycles. The maximum Gasteiger partial charge on any atom is 0.113 e. The zero-order chi connectivity index (χ0) is 15.4. The molecule has 0 unspecified atom stereocenters. The Kier molecular flexibility index (Phi) is 5.52. The van der Waals surface area contributed by atoms with Crippen LogP contribution in [0, 0.1) is 0 Å². The van der Waals surface area contributed by atoms with E-state index in [9.17, 15) is 0 Å². The second kappa shape index (κ2) is 7.59. The molecule has 2 aromatic heterocycles. The molecule has 0 saturated carbocycles. The Hall–Kier alpha value is -0.880. The van der Waals surface area contributed by atoms with E-state index < -0.39 is 0 Å². The van der Waals surface area contributed by atoms with Gasteiger partial charge < -0.3 is 9.30 Å². The van der Waals surface area contributed by atoms with Crippen molar-refractivity contribution in [2.24, 2.45) is 0 Å². The largest absolute Gasteiger partial charge is 0.383 e. The van der Waals surface area contributed by atoms with Crippen LogP contribution >= 0.6 is 22.9 Å². The summed E-state index contributed by atoms with van der Waals surface area (Å²) in [5, 5.41) is 0. The lowest BCUT2D eigenvalue weighted by Crippen LogP contribution is -2.34. The van der Waals surface area contributed by atoms with Crippen LogP contribution in [0.2, 0.25) is 4.34 Å². The van der Waals surface area contributed by atoms with Crippen molar-refractivity contribution in [2.75, 3.05) is 26.8 Å². The third kappa shape index (κ3) is 3.90. The second-order valence-electron chi connectivity index (χ2n) is 5.75. The summed E-state index contributed by atoms with van der Waals surface area (Å²) in [6, 6.07) is 4.12. The molecule has 0 amide bonds. The average molecular weight is 340 g/mol. The summed E-state index contributed by atoms with van der Waals surface area (Å²) in [4.78, 5) is 8.46. The number of thiophene rings is 1. The molecule has 1 saturated heterocycles. The minimum atomic E-state index is 0.510. The lowest BCUT2D eigenvalue weighted by Gasteiger charge is -2.32. The Labute approximate surface area is 140 Å². The van der Waals surface area contributed by atoms with Crippen LogP contribution in [0.1, 0.15) is 29.5 Å². The Bertz CT molecular complexity index is 598. The van der Waals surface area contributed by atoms with Gasteiger partial charge in [-0.05, 0) is 31.5 Å². The van der Waals surface area contributed by atoms with Gasteiger partial charge in [-0.3, -0.25) is 4.90 Å². The lowest BCUT2D eigenvalue weighted by molar-refractivity contribution is 0.178. The molecule has 0 N–H and O–H groups in total. The van der Waals surface area contributed by atoms with Crippen molar-refractivity contribution in [3.8, 4) is 0 Å². The highest BCUT2D eigenvalue weighted by Crippen LogP contribution is 2.29. The van der Waals surface area contributed by atoms with Crippen LogP contribution in [0.15, 0.2) is 24.5 Å². The molecule has 1 fully saturated rings. The third-order valence-electron chi connectivity index (χ3n) is 4.16. The standard InChI is InChI=1S/C16H22ClN3OS/c1-21-10-9-20-8-6-18-16(20)13-3-2-7-19(11-13)12-14-4-5-15(17)22-14/h4-6,8,13H,2-3,7,9-12H2,1H3/t13-/m0/s1. The number of likely N-dealkylation sites (tertiary alicyclic amines) is 1. The van der Waals surface area contributed by atoms with E-state index in [1.807, 2.05) is 12.3 Å². The van der Waals surface area contributed by atoms with E-state index in [-0.39, 0.29) is 0 Å². The predicted molar refractivity (Wildman–Crippen MR) is 90.7 cm³/mol. The van der Waals surface area contributed by atoms with Gasteiger partial charge in [0, 0.05) is 49.9 Å². The van der Waals surface area contributed by atoms with Crippen molar-refractivity contribution in [2.45, 2.75) is 31.8 Å². The molecule has 0 spiro atoms. The van der Waals surface area contributed by atoms with E-state index in [1.54, 1.807) is 18.4 Å². The van der Waals surface area contributed by atoms with Gasteiger partial charge in [-0.1, -0.05) is 11.6 Å². The van der Waals surface area contributed by atoms with Gasteiger partial charge in [0.05, 0.1) is 10.9 Å². The van der Waals surface area contributed by atoms with Crippen LogP contribution in [0.5, 0.6) is 0 Å². The summed E-state index contributed by atoms with van der Waals surface area (Å²) in [5.41, 5.74) is 0. The van der Waals surface area contributed by atoms with Crippen LogP contribution in [-0.2, 0) is 17.8 Å². The first-order valence-electron chi connectivity index (χ1n) is 7.73. The van der Waals surface area contributed by atoms with Crippen LogP contribution in [0.4, 0.5) is 0 Å². The topological polar surface area (TPSA) is 30.3 Å². The molecule has 4 nitrogen and oxygen atoms in total. The molecule has 1 atom stereocenters. The predicted octanol–water partition coefficient (Wildman–Crippen LogP) is 3.62. The van der Waals surface area contributed by atoms with E-state index in [0.29, 0.717) is 5.92 Å². The van der Waals surface area contributed by atoms with Crippen LogP contribution in [-0.4, -0.2) is 41.3 Å². The molecule has 3 heterocycles. The van der Waals surface area contributed by atoms with Crippen molar-refractivity contribution in [1.82, 2.24) is 14.5 Å². The SMILES string of the molecule is COCCn1ccnc1[C@H]1CCCN(Cc2ccc(Cl)s2)C1. The maximum absolute atomic E-state index is 6.03. The van der Waals surface area contributed by atoms with Crippen LogP contribution in [0.3, 0.4) is 0 Å². The first-order chi connectivity index (χ1) is 10.8. The van der Waals surface area contributed by atoms with Gasteiger partial charge in [-0.25, -0.2) is 4.98 Å². The molecular formula is C16H22ClN3OS. The third-order valence-corrected chi connectivity index (χ3v) is 5.38. The summed E-state index contributed by atoms with van der Waals surface area (Å²) < 4.78 is 8.30. The first-order valence-corrected chi connectivity index (χ1v) is 8.92. The number of imidazole rings is 1. The number of hydrogen-bond acceptors (Lipinski definition) is 4. The fourth-order valence-corrected chi connectivity index (χ4v) is 4.26. The second-order valence-corrected chi connectivity index (χ2v) is 7.55. The summed E-state index contributed by atoms with van der Waals surface area (Å²) in [6.07, 6.45) is 6.40. The van der Waals surface area contributed by atoms with Gasteiger partial charge in [0.2, 0.25) is 0 Å². The Balaban J connectivity index is 1.64. The zero-order valence-electron chi connectivity index (χ0n) is 12.9. The monoisotopic (exact) mass is 339 g/mol. The zero-order valence-corrected chi connectivity index (χ0v) is 14.4. The number of halogens is 1. The van der Waals surface area contributed by atoms with Crippen molar-refractivity contribution in [3.05, 3.63) is 39.6 Å². The van der Waals surface area contributed by atoms with E-state index >= 15 is 0 Å². The molecule has 22 heavy (non-hydrogen) atoms. The molecule has 0 aromatic carbocycles. The summed E-state index contributed by atoms with van der Waals surface area (Å²) in [7, 11) is 1.74. The molecule has 3 rings (SSSR count). The van der Waals surface area contributed by atoms with Crippen molar-refractivity contribution in [1.29, 1.82) is 0 Å². The van der Waals surface area contributed by atoms with Gasteiger partial charge in [0.1, 0.15) is 5.82 Å². The number of aromatic nitrogens is 2. The molecule has 0 aliphatic carbocycles. The number of nitrogens with zero attached hydrogens (tertiary/aromatic N) is 3. The first kappa shape index (κ1) is 16.0. The van der Waals surface area contributed by atoms with E-state index in [4.69, 9.17) is 16.3 Å². The van der Waals surface area contributed by atoms with E-state index in [2.05, 4.69) is 26.7 Å². The lowest BCUT2D eigenvalue weighted by atomic mass is 9.97. The quantitative estimate of drug-likeness (QED) is 0.805. The van der Waals surface area contributed by atoms with Crippen molar-refractivity contribution < 1.29 is 4.74 Å². The highest BCUT2D eigenvalue weighted by Gasteiger charge is 2.24. The summed E-state index contributed by atoms with van der Waals surface area (Å²) in [5.74, 6) is 1.71. The van der Waals surface area contributed by atoms with Gasteiger partial charge in [0.25, 0.3) is 0 Å². The fourth-order valence-electron chi connectivity index (χ4n) is 3.13. The van der Waals surface area contributed by atoms with Crippen molar-refractivity contribution >= 4 is 22.9 Å². The Morgan fingerprint density at radius 2 is 2.36 bits per heavy atom. The number of methoxy groups -OCH3 is 1. The smallest absolute Gasteiger partial charge is 0.113 e. The Morgan fingerprint density at radius 1 is 1.45 bits per heavy atom. The highest BCUT2D eigenvalue weighted by molar-refractivity contribution is 7.16. The van der Waals surface area contributed by atoms with Crippen LogP contribution < -0.4 is 0 Å². The van der Waals surface area contributed by atoms with Gasteiger partial charge in [-0.2, -0.15) is 0 Å². The molecule has 0 radical (unpaired) electrons. The minimum absolute atomic E-state index is 0.510. The number of rotatable bonds is 6. The van der Waals surface area contributed by atoms with Gasteiger partial charge in [0.15, 0.2) is 0 Å². The number of ether oxygens (including phenoxy) is 1. The number of piperidine rings is 1.